The van der Waals surface area contributed by atoms with Crippen LogP contribution >= 0.6 is 17.0 Å². The number of aliphatic hydroxyl groups excluding tert-OH is 1. The van der Waals surface area contributed by atoms with Gasteiger partial charge in [-0.3, -0.25) is 0 Å². The quantitative estimate of drug-likeness (QED) is 0.565. The number of hydrogen-bond donors (Lipinski definition) is 2. The van der Waals surface area contributed by atoms with Gasteiger partial charge in [-0.1, -0.05) is 38.1 Å². The Kier molecular flexibility index (Phi) is 7.46. The number of nitrogen functional groups attached to an aromatic ring is 1. The zero-order valence-corrected chi connectivity index (χ0v) is 17.9. The molecule has 1 unspecified atom stereocenters. The summed E-state index contributed by atoms with van der Waals surface area (Å²) >= 11 is 0. The topological polar surface area (TPSA) is 81.3 Å². The summed E-state index contributed by atoms with van der Waals surface area (Å²) < 4.78 is 19.8. The van der Waals surface area contributed by atoms with Crippen molar-refractivity contribution in [3.63, 3.8) is 0 Å². The minimum atomic E-state index is -0.402. The van der Waals surface area contributed by atoms with Crippen molar-refractivity contribution in [1.29, 1.82) is 0 Å². The molecule has 1 atom stereocenters. The molecule has 0 bridgehead atoms. The highest BCUT2D eigenvalue weighted by Crippen LogP contribution is 2.36. The van der Waals surface area contributed by atoms with E-state index in [0.717, 1.165) is 16.6 Å². The highest BCUT2D eigenvalue weighted by atomic mass is 79.9. The Morgan fingerprint density at radius 1 is 1.07 bits per heavy atom. The molecule has 0 fully saturated rings. The number of aliphatic hydroxyl groups is 1. The Balaban J connectivity index is 0.00000280. The molecule has 0 aliphatic heterocycles. The van der Waals surface area contributed by atoms with Gasteiger partial charge in [0.1, 0.15) is 11.9 Å². The third kappa shape index (κ3) is 4.32. The molecule has 0 saturated carbocycles. The van der Waals surface area contributed by atoms with Crippen LogP contribution in [0.5, 0.6) is 0 Å². The number of aromatic nitrogens is 2. The van der Waals surface area contributed by atoms with Gasteiger partial charge in [0.05, 0.1) is 30.3 Å². The van der Waals surface area contributed by atoms with E-state index in [1.54, 1.807) is 18.2 Å². The van der Waals surface area contributed by atoms with Gasteiger partial charge >= 0.3 is 0 Å². The maximum Gasteiger partial charge on any atom is 0.157 e. The van der Waals surface area contributed by atoms with Gasteiger partial charge in [0.25, 0.3) is 0 Å². The van der Waals surface area contributed by atoms with E-state index in [1.165, 1.54) is 6.07 Å². The molecule has 0 saturated heterocycles. The lowest BCUT2D eigenvalue weighted by Crippen LogP contribution is -2.13. The molecule has 1 aromatic heterocycles. The predicted octanol–water partition coefficient (Wildman–Crippen LogP) is 4.79. The van der Waals surface area contributed by atoms with Crippen LogP contribution in [0.1, 0.15) is 44.3 Å². The second-order valence-corrected chi connectivity index (χ2v) is 6.76. The standard InChI is InChI=1S/C21H24FN3O2.BrH/c1-12(2)19-18(23)20(25-21(24-19)13(3)27-11-10-26)16-8-9-17(22)15-7-5-4-6-14(15)16;/h4-9,12-13,26H,10-11,23H2,1-3H3;1H. The molecule has 150 valence electrons. The van der Waals surface area contributed by atoms with Crippen LogP contribution in [0.4, 0.5) is 10.1 Å². The van der Waals surface area contributed by atoms with Crippen molar-refractivity contribution in [2.45, 2.75) is 32.8 Å². The average Bonchev–Trinajstić information content (AvgIpc) is 2.67. The molecule has 0 amide bonds. The fraction of sp³-hybridized carbons (Fsp3) is 0.333. The SMILES string of the molecule is Br.CC(C)c1nc(C(C)OCCO)nc(-c2ccc(F)c3ccccc23)c1N. The second-order valence-electron chi connectivity index (χ2n) is 6.76. The summed E-state index contributed by atoms with van der Waals surface area (Å²) in [5.74, 6) is 0.290. The molecule has 3 aromatic rings. The van der Waals surface area contributed by atoms with E-state index in [-0.39, 0.29) is 41.9 Å². The van der Waals surface area contributed by atoms with Crippen LogP contribution in [0.2, 0.25) is 0 Å². The molecule has 0 aliphatic carbocycles. The first-order chi connectivity index (χ1) is 12.9. The highest BCUT2D eigenvalue weighted by molar-refractivity contribution is 8.93. The number of hydrogen-bond acceptors (Lipinski definition) is 5. The second kappa shape index (κ2) is 9.41. The lowest BCUT2D eigenvalue weighted by Gasteiger charge is -2.19. The molecule has 3 N–H and O–H groups in total. The predicted molar refractivity (Wildman–Crippen MR) is 115 cm³/mol. The molecular formula is C21H25BrFN3O2. The maximum atomic E-state index is 14.2. The summed E-state index contributed by atoms with van der Waals surface area (Å²) in [5.41, 5.74) is 8.95. The lowest BCUT2D eigenvalue weighted by molar-refractivity contribution is 0.0337. The molecule has 2 aromatic carbocycles. The van der Waals surface area contributed by atoms with E-state index in [0.29, 0.717) is 22.6 Å². The number of halogens is 2. The van der Waals surface area contributed by atoms with Crippen LogP contribution < -0.4 is 5.73 Å². The highest BCUT2D eigenvalue weighted by Gasteiger charge is 2.21. The lowest BCUT2D eigenvalue weighted by atomic mass is 9.98. The van der Waals surface area contributed by atoms with Gasteiger partial charge in [0, 0.05) is 10.9 Å². The van der Waals surface area contributed by atoms with E-state index >= 15 is 0 Å². The third-order valence-electron chi connectivity index (χ3n) is 4.49. The van der Waals surface area contributed by atoms with Gasteiger partial charge in [-0.25, -0.2) is 14.4 Å². The summed E-state index contributed by atoms with van der Waals surface area (Å²) in [4.78, 5) is 9.24. The summed E-state index contributed by atoms with van der Waals surface area (Å²) in [5, 5.41) is 10.3. The molecule has 5 nitrogen and oxygen atoms in total. The number of nitrogens with zero attached hydrogens (tertiary/aromatic N) is 2. The summed E-state index contributed by atoms with van der Waals surface area (Å²) in [7, 11) is 0. The zero-order chi connectivity index (χ0) is 19.6. The van der Waals surface area contributed by atoms with E-state index in [9.17, 15) is 4.39 Å². The first-order valence-corrected chi connectivity index (χ1v) is 9.01. The molecule has 3 rings (SSSR count). The average molecular weight is 450 g/mol. The Morgan fingerprint density at radius 3 is 2.39 bits per heavy atom. The number of rotatable bonds is 6. The Hall–Kier alpha value is -2.09. The van der Waals surface area contributed by atoms with Gasteiger partial charge < -0.3 is 15.6 Å². The number of fused-ring (bicyclic) bond motifs is 1. The van der Waals surface area contributed by atoms with Crippen molar-refractivity contribution in [3.05, 3.63) is 53.7 Å². The Morgan fingerprint density at radius 2 is 1.75 bits per heavy atom. The molecule has 7 heteroatoms. The first-order valence-electron chi connectivity index (χ1n) is 9.01. The Labute approximate surface area is 174 Å². The summed E-state index contributed by atoms with van der Waals surface area (Å²) in [6.45, 7) is 5.97. The smallest absolute Gasteiger partial charge is 0.157 e. The monoisotopic (exact) mass is 449 g/mol. The largest absolute Gasteiger partial charge is 0.395 e. The summed E-state index contributed by atoms with van der Waals surface area (Å²) in [6, 6.07) is 10.4. The van der Waals surface area contributed by atoms with Gasteiger partial charge in [0.15, 0.2) is 5.82 Å². The fourth-order valence-corrected chi connectivity index (χ4v) is 3.10. The molecule has 0 spiro atoms. The van der Waals surface area contributed by atoms with E-state index in [2.05, 4.69) is 9.97 Å². The summed E-state index contributed by atoms with van der Waals surface area (Å²) in [6.07, 6.45) is -0.402. The van der Waals surface area contributed by atoms with Crippen molar-refractivity contribution in [1.82, 2.24) is 9.97 Å². The van der Waals surface area contributed by atoms with Crippen LogP contribution in [0.15, 0.2) is 36.4 Å². The minimum absolute atomic E-state index is 0. The van der Waals surface area contributed by atoms with Gasteiger partial charge in [-0.05, 0) is 30.4 Å². The van der Waals surface area contributed by atoms with Gasteiger partial charge in [-0.2, -0.15) is 0 Å². The first kappa shape index (κ1) is 22.2. The van der Waals surface area contributed by atoms with Gasteiger partial charge in [0.2, 0.25) is 0 Å². The van der Waals surface area contributed by atoms with Gasteiger partial charge in [-0.15, -0.1) is 17.0 Å². The van der Waals surface area contributed by atoms with Crippen molar-refractivity contribution in [3.8, 4) is 11.3 Å². The van der Waals surface area contributed by atoms with E-state index in [4.69, 9.17) is 15.6 Å². The molecule has 1 heterocycles. The zero-order valence-electron chi connectivity index (χ0n) is 16.1. The van der Waals surface area contributed by atoms with Crippen LogP contribution in [-0.4, -0.2) is 28.3 Å². The van der Waals surface area contributed by atoms with Crippen LogP contribution in [0.3, 0.4) is 0 Å². The molecule has 0 radical (unpaired) electrons. The van der Waals surface area contributed by atoms with Crippen LogP contribution in [-0.2, 0) is 4.74 Å². The minimum Gasteiger partial charge on any atom is -0.395 e. The van der Waals surface area contributed by atoms with Crippen LogP contribution in [0.25, 0.3) is 22.0 Å². The van der Waals surface area contributed by atoms with Crippen molar-refractivity contribution in [2.24, 2.45) is 0 Å². The fourth-order valence-electron chi connectivity index (χ4n) is 3.10. The molecule has 0 aliphatic rings. The molecular weight excluding hydrogens is 425 g/mol. The third-order valence-corrected chi connectivity index (χ3v) is 4.49. The van der Waals surface area contributed by atoms with Crippen molar-refractivity contribution in [2.75, 3.05) is 18.9 Å². The number of benzene rings is 2. The van der Waals surface area contributed by atoms with Crippen molar-refractivity contribution < 1.29 is 14.2 Å². The number of ether oxygens (including phenoxy) is 1. The van der Waals surface area contributed by atoms with E-state index < -0.39 is 6.10 Å². The number of nitrogens with two attached hydrogens (primary N) is 1. The normalized spacial score (nSPS) is 12.2. The molecule has 28 heavy (non-hydrogen) atoms. The van der Waals surface area contributed by atoms with Crippen molar-refractivity contribution >= 4 is 33.4 Å². The van der Waals surface area contributed by atoms with E-state index in [1.807, 2.05) is 32.9 Å². The maximum absolute atomic E-state index is 14.2. The Bertz CT molecular complexity index is 966. The number of anilines is 1. The van der Waals surface area contributed by atoms with Crippen LogP contribution in [0, 0.1) is 5.82 Å².